The number of anilines is 1. The van der Waals surface area contributed by atoms with Crippen molar-refractivity contribution >= 4 is 5.69 Å². The Labute approximate surface area is 121 Å². The van der Waals surface area contributed by atoms with E-state index in [1.165, 1.54) is 24.1 Å². The third-order valence-electron chi connectivity index (χ3n) is 5.20. The largest absolute Gasteiger partial charge is 0.389 e. The number of nitrogens with zero attached hydrogens (tertiary/aromatic N) is 1. The Morgan fingerprint density at radius 2 is 2.10 bits per heavy atom. The number of rotatable bonds is 2. The third-order valence-corrected chi connectivity index (χ3v) is 5.20. The van der Waals surface area contributed by atoms with Gasteiger partial charge in [0, 0.05) is 30.7 Å². The summed E-state index contributed by atoms with van der Waals surface area (Å²) in [6, 6.07) is 8.50. The molecule has 0 spiro atoms. The van der Waals surface area contributed by atoms with Gasteiger partial charge in [-0.1, -0.05) is 31.0 Å². The molecule has 110 valence electrons. The number of hydrogen-bond acceptors (Lipinski definition) is 3. The molecule has 20 heavy (non-hydrogen) atoms. The van der Waals surface area contributed by atoms with Crippen molar-refractivity contribution in [3.63, 3.8) is 0 Å². The Morgan fingerprint density at radius 1 is 1.30 bits per heavy atom. The molecule has 3 atom stereocenters. The molecule has 2 fully saturated rings. The molecule has 1 heterocycles. The molecule has 1 aliphatic carbocycles. The Hall–Kier alpha value is -1.06. The van der Waals surface area contributed by atoms with Crippen LogP contribution in [0.4, 0.5) is 5.69 Å². The number of nitrogens with two attached hydrogens (primary N) is 1. The van der Waals surface area contributed by atoms with Gasteiger partial charge >= 0.3 is 0 Å². The third kappa shape index (κ3) is 2.45. The minimum atomic E-state index is -0.405. The van der Waals surface area contributed by atoms with Crippen molar-refractivity contribution in [1.29, 1.82) is 0 Å². The number of para-hydroxylation sites is 1. The van der Waals surface area contributed by atoms with Gasteiger partial charge in [-0.15, -0.1) is 0 Å². The second kappa shape index (κ2) is 5.38. The molecule has 1 aliphatic heterocycles. The SMILES string of the molecule is CC(N)c1ccccc1N1CCC2(O)CCCCC2C1. The normalized spacial score (nSPS) is 31.8. The van der Waals surface area contributed by atoms with Crippen molar-refractivity contribution in [1.82, 2.24) is 0 Å². The first-order valence-corrected chi connectivity index (χ1v) is 7.92. The van der Waals surface area contributed by atoms with Crippen LogP contribution in [-0.2, 0) is 0 Å². The second-order valence-electron chi connectivity index (χ2n) is 6.59. The standard InChI is InChI=1S/C17H26N2O/c1-13(18)15-7-2-3-8-16(15)19-11-10-17(20)9-5-4-6-14(17)12-19/h2-3,7-8,13-14,20H,4-6,9-12,18H2,1H3. The maximum atomic E-state index is 10.8. The summed E-state index contributed by atoms with van der Waals surface area (Å²) in [4.78, 5) is 2.43. The van der Waals surface area contributed by atoms with Gasteiger partial charge in [0.2, 0.25) is 0 Å². The van der Waals surface area contributed by atoms with E-state index in [4.69, 9.17) is 5.73 Å². The summed E-state index contributed by atoms with van der Waals surface area (Å²) in [5.74, 6) is 0.422. The molecule has 0 radical (unpaired) electrons. The predicted molar refractivity (Wildman–Crippen MR) is 82.8 cm³/mol. The van der Waals surface area contributed by atoms with Gasteiger partial charge in [-0.25, -0.2) is 0 Å². The van der Waals surface area contributed by atoms with E-state index in [0.29, 0.717) is 5.92 Å². The van der Waals surface area contributed by atoms with Crippen molar-refractivity contribution < 1.29 is 5.11 Å². The van der Waals surface area contributed by atoms with Gasteiger partial charge in [-0.05, 0) is 37.8 Å². The molecule has 1 saturated carbocycles. The van der Waals surface area contributed by atoms with Crippen molar-refractivity contribution in [3.8, 4) is 0 Å². The van der Waals surface area contributed by atoms with E-state index in [0.717, 1.165) is 32.4 Å². The van der Waals surface area contributed by atoms with Gasteiger partial charge in [0.1, 0.15) is 0 Å². The lowest BCUT2D eigenvalue weighted by molar-refractivity contribution is -0.0612. The van der Waals surface area contributed by atoms with E-state index in [1.807, 2.05) is 6.92 Å². The zero-order chi connectivity index (χ0) is 14.2. The summed E-state index contributed by atoms with van der Waals surface area (Å²) in [5.41, 5.74) is 8.17. The maximum Gasteiger partial charge on any atom is 0.0709 e. The molecule has 3 nitrogen and oxygen atoms in total. The summed E-state index contributed by atoms with van der Waals surface area (Å²) in [6.45, 7) is 3.96. The Bertz CT molecular complexity index is 474. The summed E-state index contributed by atoms with van der Waals surface area (Å²) in [5, 5.41) is 10.8. The molecule has 0 bridgehead atoms. The molecule has 0 aromatic heterocycles. The molecule has 3 heteroatoms. The summed E-state index contributed by atoms with van der Waals surface area (Å²) < 4.78 is 0. The maximum absolute atomic E-state index is 10.8. The van der Waals surface area contributed by atoms with Gasteiger partial charge in [0.25, 0.3) is 0 Å². The molecule has 2 aliphatic rings. The van der Waals surface area contributed by atoms with Crippen LogP contribution in [-0.4, -0.2) is 23.8 Å². The molecule has 3 unspecified atom stereocenters. The average Bonchev–Trinajstić information content (AvgIpc) is 2.46. The number of benzene rings is 1. The minimum Gasteiger partial charge on any atom is -0.389 e. The van der Waals surface area contributed by atoms with E-state index in [2.05, 4.69) is 29.2 Å². The van der Waals surface area contributed by atoms with Crippen LogP contribution in [0.2, 0.25) is 0 Å². The Kier molecular flexibility index (Phi) is 3.74. The highest BCUT2D eigenvalue weighted by molar-refractivity contribution is 5.55. The van der Waals surface area contributed by atoms with Gasteiger partial charge in [0.15, 0.2) is 0 Å². The van der Waals surface area contributed by atoms with Crippen LogP contribution >= 0.6 is 0 Å². The lowest BCUT2D eigenvalue weighted by Crippen LogP contribution is -2.53. The smallest absolute Gasteiger partial charge is 0.0709 e. The van der Waals surface area contributed by atoms with Gasteiger partial charge in [-0.3, -0.25) is 0 Å². The Balaban J connectivity index is 1.83. The van der Waals surface area contributed by atoms with Crippen LogP contribution in [0.15, 0.2) is 24.3 Å². The molecular formula is C17H26N2O. The van der Waals surface area contributed by atoms with E-state index in [1.54, 1.807) is 0 Å². The number of piperidine rings is 1. The highest BCUT2D eigenvalue weighted by Crippen LogP contribution is 2.41. The fraction of sp³-hybridized carbons (Fsp3) is 0.647. The van der Waals surface area contributed by atoms with Gasteiger partial charge in [-0.2, -0.15) is 0 Å². The highest BCUT2D eigenvalue weighted by Gasteiger charge is 2.42. The van der Waals surface area contributed by atoms with Crippen molar-refractivity contribution in [2.24, 2.45) is 11.7 Å². The van der Waals surface area contributed by atoms with Crippen LogP contribution in [0.25, 0.3) is 0 Å². The van der Waals surface area contributed by atoms with E-state index in [-0.39, 0.29) is 6.04 Å². The average molecular weight is 274 g/mol. The summed E-state index contributed by atoms with van der Waals surface area (Å²) in [7, 11) is 0. The van der Waals surface area contributed by atoms with E-state index >= 15 is 0 Å². The molecule has 1 saturated heterocycles. The molecule has 3 rings (SSSR count). The quantitative estimate of drug-likeness (QED) is 0.872. The lowest BCUT2D eigenvalue weighted by Gasteiger charge is -2.48. The van der Waals surface area contributed by atoms with Crippen LogP contribution < -0.4 is 10.6 Å². The van der Waals surface area contributed by atoms with Crippen LogP contribution in [0.1, 0.15) is 50.6 Å². The number of hydrogen-bond donors (Lipinski definition) is 2. The van der Waals surface area contributed by atoms with E-state index < -0.39 is 5.60 Å². The minimum absolute atomic E-state index is 0.0540. The van der Waals surface area contributed by atoms with Crippen molar-refractivity contribution in [2.75, 3.05) is 18.0 Å². The summed E-state index contributed by atoms with van der Waals surface area (Å²) in [6.07, 6.45) is 5.48. The molecule has 0 amide bonds. The first kappa shape index (κ1) is 13.9. The zero-order valence-electron chi connectivity index (χ0n) is 12.4. The predicted octanol–water partition coefficient (Wildman–Crippen LogP) is 2.84. The molecule has 1 aromatic rings. The fourth-order valence-electron chi connectivity index (χ4n) is 3.95. The van der Waals surface area contributed by atoms with Crippen molar-refractivity contribution in [3.05, 3.63) is 29.8 Å². The van der Waals surface area contributed by atoms with Gasteiger partial charge in [0.05, 0.1) is 5.60 Å². The number of fused-ring (bicyclic) bond motifs is 1. The fourth-order valence-corrected chi connectivity index (χ4v) is 3.95. The van der Waals surface area contributed by atoms with Crippen LogP contribution in [0, 0.1) is 5.92 Å². The van der Waals surface area contributed by atoms with Gasteiger partial charge < -0.3 is 15.7 Å². The number of aliphatic hydroxyl groups is 1. The molecule has 3 N–H and O–H groups in total. The highest BCUT2D eigenvalue weighted by atomic mass is 16.3. The second-order valence-corrected chi connectivity index (χ2v) is 6.59. The lowest BCUT2D eigenvalue weighted by atomic mass is 9.71. The first-order chi connectivity index (χ1) is 9.60. The molecule has 1 aromatic carbocycles. The topological polar surface area (TPSA) is 49.5 Å². The zero-order valence-corrected chi connectivity index (χ0v) is 12.4. The van der Waals surface area contributed by atoms with E-state index in [9.17, 15) is 5.11 Å². The van der Waals surface area contributed by atoms with Crippen LogP contribution in [0.3, 0.4) is 0 Å². The monoisotopic (exact) mass is 274 g/mol. The first-order valence-electron chi connectivity index (χ1n) is 7.92. The summed E-state index contributed by atoms with van der Waals surface area (Å²) >= 11 is 0. The molecular weight excluding hydrogens is 248 g/mol. The Morgan fingerprint density at radius 3 is 2.90 bits per heavy atom. The van der Waals surface area contributed by atoms with Crippen LogP contribution in [0.5, 0.6) is 0 Å². The van der Waals surface area contributed by atoms with Crippen molar-refractivity contribution in [2.45, 2.75) is 50.7 Å².